The molecule has 1 aromatic heterocycles. The van der Waals surface area contributed by atoms with E-state index in [0.29, 0.717) is 32.5 Å². The number of nitrogens with zero attached hydrogens (tertiary/aromatic N) is 1. The molecule has 1 heterocycles. The van der Waals surface area contributed by atoms with Crippen LogP contribution in [0.4, 0.5) is 11.4 Å². The zero-order chi connectivity index (χ0) is 25.9. The van der Waals surface area contributed by atoms with Crippen molar-refractivity contribution in [2.75, 3.05) is 10.0 Å². The number of ether oxygens (including phenoxy) is 1. The second kappa shape index (κ2) is 10.9. The van der Waals surface area contributed by atoms with E-state index in [-0.39, 0.29) is 21.2 Å². The number of anilines is 2. The fraction of sp³-hybridized carbons (Fsp3) is 0.0400. The van der Waals surface area contributed by atoms with Gasteiger partial charge in [0.15, 0.2) is 0 Å². The molecule has 0 aliphatic carbocycles. The summed E-state index contributed by atoms with van der Waals surface area (Å²) in [5.41, 5.74) is 1.18. The summed E-state index contributed by atoms with van der Waals surface area (Å²) in [5.74, 6) is 0.305. The van der Waals surface area contributed by atoms with E-state index in [9.17, 15) is 13.2 Å². The van der Waals surface area contributed by atoms with Crippen molar-refractivity contribution >= 4 is 66.4 Å². The first-order valence-corrected chi connectivity index (χ1v) is 13.4. The van der Waals surface area contributed by atoms with Gasteiger partial charge in [0.2, 0.25) is 0 Å². The summed E-state index contributed by atoms with van der Waals surface area (Å²) < 4.78 is 35.0. The fourth-order valence-electron chi connectivity index (χ4n) is 3.19. The maximum absolute atomic E-state index is 13.1. The highest BCUT2D eigenvalue weighted by Crippen LogP contribution is 2.30. The van der Waals surface area contributed by atoms with Gasteiger partial charge in [-0.2, -0.15) is 0 Å². The Labute approximate surface area is 226 Å². The SMILES string of the molecule is Cc1nc(Br)ccc1NC(=O)c1cc(Cl)ccc1NS(=O)(=O)c1ccc(Oc2ccccc2Cl)cc1. The molecule has 2 N–H and O–H groups in total. The van der Waals surface area contributed by atoms with Gasteiger partial charge in [-0.05, 0) is 89.6 Å². The zero-order valence-corrected chi connectivity index (χ0v) is 22.5. The Hall–Kier alpha value is -3.11. The number of sulfonamides is 1. The van der Waals surface area contributed by atoms with Gasteiger partial charge in [0.25, 0.3) is 15.9 Å². The number of nitrogens with one attached hydrogen (secondary N) is 2. The molecule has 0 bridgehead atoms. The minimum Gasteiger partial charge on any atom is -0.456 e. The second-order valence-corrected chi connectivity index (χ2v) is 10.9. The number of halogens is 3. The van der Waals surface area contributed by atoms with Gasteiger partial charge in [0, 0.05) is 5.02 Å². The summed E-state index contributed by atoms with van der Waals surface area (Å²) in [6, 6.07) is 20.4. The van der Waals surface area contributed by atoms with E-state index in [1.165, 1.54) is 42.5 Å². The van der Waals surface area contributed by atoms with Crippen molar-refractivity contribution in [3.8, 4) is 11.5 Å². The van der Waals surface area contributed by atoms with Crippen LogP contribution in [0.2, 0.25) is 10.0 Å². The smallest absolute Gasteiger partial charge is 0.261 e. The van der Waals surface area contributed by atoms with Gasteiger partial charge >= 0.3 is 0 Å². The highest BCUT2D eigenvalue weighted by molar-refractivity contribution is 9.10. The van der Waals surface area contributed by atoms with E-state index in [1.54, 1.807) is 43.3 Å². The van der Waals surface area contributed by atoms with E-state index in [0.717, 1.165) is 0 Å². The Morgan fingerprint density at radius 3 is 2.33 bits per heavy atom. The average molecular weight is 607 g/mol. The summed E-state index contributed by atoms with van der Waals surface area (Å²) in [4.78, 5) is 17.2. The van der Waals surface area contributed by atoms with Crippen molar-refractivity contribution in [2.24, 2.45) is 0 Å². The first kappa shape index (κ1) is 26.0. The summed E-state index contributed by atoms with van der Waals surface area (Å²) in [7, 11) is -4.04. The molecule has 0 saturated heterocycles. The van der Waals surface area contributed by atoms with E-state index in [2.05, 4.69) is 31.0 Å². The molecule has 0 aliphatic heterocycles. The molecule has 1 amide bonds. The highest BCUT2D eigenvalue weighted by Gasteiger charge is 2.20. The number of para-hydroxylation sites is 1. The lowest BCUT2D eigenvalue weighted by atomic mass is 10.1. The summed E-state index contributed by atoms with van der Waals surface area (Å²) >= 11 is 15.5. The molecule has 0 unspecified atom stereocenters. The topological polar surface area (TPSA) is 97.4 Å². The Kier molecular flexibility index (Phi) is 7.85. The van der Waals surface area contributed by atoms with Crippen LogP contribution in [0, 0.1) is 6.92 Å². The lowest BCUT2D eigenvalue weighted by Gasteiger charge is -2.14. The molecular weight excluding hydrogens is 589 g/mol. The fourth-order valence-corrected chi connectivity index (χ4v) is 5.01. The maximum atomic E-state index is 13.1. The van der Waals surface area contributed by atoms with Crippen molar-refractivity contribution in [3.05, 3.63) is 105 Å². The molecule has 4 rings (SSSR count). The third kappa shape index (κ3) is 6.17. The predicted octanol–water partition coefficient (Wildman–Crippen LogP) is 7.30. The van der Waals surface area contributed by atoms with Gasteiger partial charge in [-0.15, -0.1) is 0 Å². The Balaban J connectivity index is 1.56. The largest absolute Gasteiger partial charge is 0.456 e. The number of aryl methyl sites for hydroxylation is 1. The number of rotatable bonds is 7. The van der Waals surface area contributed by atoms with Crippen molar-refractivity contribution in [2.45, 2.75) is 11.8 Å². The Morgan fingerprint density at radius 1 is 0.944 bits per heavy atom. The highest BCUT2D eigenvalue weighted by atomic mass is 79.9. The van der Waals surface area contributed by atoms with Crippen LogP contribution < -0.4 is 14.8 Å². The van der Waals surface area contributed by atoms with Crippen LogP contribution in [-0.4, -0.2) is 19.3 Å². The molecule has 0 spiro atoms. The normalized spacial score (nSPS) is 11.1. The molecule has 4 aromatic rings. The summed E-state index contributed by atoms with van der Waals surface area (Å²) in [6.45, 7) is 1.74. The molecule has 184 valence electrons. The van der Waals surface area contributed by atoms with Crippen LogP contribution in [0.5, 0.6) is 11.5 Å². The number of carbonyl (C=O) groups excluding carboxylic acids is 1. The number of benzene rings is 3. The first-order chi connectivity index (χ1) is 17.1. The zero-order valence-electron chi connectivity index (χ0n) is 18.6. The lowest BCUT2D eigenvalue weighted by Crippen LogP contribution is -2.19. The lowest BCUT2D eigenvalue weighted by molar-refractivity contribution is 0.102. The van der Waals surface area contributed by atoms with Gasteiger partial charge in [-0.3, -0.25) is 9.52 Å². The molecule has 36 heavy (non-hydrogen) atoms. The van der Waals surface area contributed by atoms with Crippen molar-refractivity contribution in [1.29, 1.82) is 0 Å². The van der Waals surface area contributed by atoms with Crippen LogP contribution in [0.3, 0.4) is 0 Å². The number of pyridine rings is 1. The second-order valence-electron chi connectivity index (χ2n) is 7.52. The summed E-state index contributed by atoms with van der Waals surface area (Å²) in [6.07, 6.45) is 0. The van der Waals surface area contributed by atoms with E-state index in [1.807, 2.05) is 0 Å². The minimum atomic E-state index is -4.04. The molecule has 11 heteroatoms. The van der Waals surface area contributed by atoms with Crippen LogP contribution in [0.25, 0.3) is 0 Å². The molecule has 0 saturated carbocycles. The van der Waals surface area contributed by atoms with E-state index in [4.69, 9.17) is 27.9 Å². The quantitative estimate of drug-likeness (QED) is 0.215. The van der Waals surface area contributed by atoms with Crippen LogP contribution >= 0.6 is 39.1 Å². The third-order valence-corrected chi connectivity index (χ3v) is 7.34. The number of hydrogen-bond donors (Lipinski definition) is 2. The minimum absolute atomic E-state index is 0.0247. The number of amides is 1. The van der Waals surface area contributed by atoms with Gasteiger partial charge < -0.3 is 10.1 Å². The van der Waals surface area contributed by atoms with Gasteiger partial charge in [-0.25, -0.2) is 13.4 Å². The summed E-state index contributed by atoms with van der Waals surface area (Å²) in [5, 5.41) is 3.44. The number of carbonyl (C=O) groups is 1. The van der Waals surface area contributed by atoms with Crippen LogP contribution in [0.1, 0.15) is 16.1 Å². The molecule has 0 aliphatic rings. The van der Waals surface area contributed by atoms with Gasteiger partial charge in [0.1, 0.15) is 16.1 Å². The number of hydrogen-bond acceptors (Lipinski definition) is 5. The van der Waals surface area contributed by atoms with Crippen LogP contribution in [0.15, 0.2) is 88.4 Å². The van der Waals surface area contributed by atoms with Crippen molar-refractivity contribution in [3.63, 3.8) is 0 Å². The third-order valence-electron chi connectivity index (χ3n) is 4.97. The first-order valence-electron chi connectivity index (χ1n) is 10.4. The van der Waals surface area contributed by atoms with E-state index >= 15 is 0 Å². The standard InChI is InChI=1S/C25H18BrCl2N3O4S/c1-15-21(12-13-24(26)29-15)30-25(32)19-14-16(27)6-11-22(19)31-36(33,34)18-9-7-17(8-10-18)35-23-5-3-2-4-20(23)28/h2-14,31H,1H3,(H,30,32). The predicted molar refractivity (Wildman–Crippen MR) is 145 cm³/mol. The van der Waals surface area contributed by atoms with E-state index < -0.39 is 15.9 Å². The molecule has 0 radical (unpaired) electrons. The van der Waals surface area contributed by atoms with Gasteiger partial charge in [-0.1, -0.05) is 35.3 Å². The molecular formula is C25H18BrCl2N3O4S. The van der Waals surface area contributed by atoms with Crippen LogP contribution in [-0.2, 0) is 10.0 Å². The average Bonchev–Trinajstić information content (AvgIpc) is 2.83. The Morgan fingerprint density at radius 2 is 1.64 bits per heavy atom. The molecule has 0 fully saturated rings. The Bertz CT molecular complexity index is 1550. The van der Waals surface area contributed by atoms with Crippen molar-refractivity contribution in [1.82, 2.24) is 4.98 Å². The van der Waals surface area contributed by atoms with Crippen molar-refractivity contribution < 1.29 is 17.9 Å². The molecule has 3 aromatic carbocycles. The number of aromatic nitrogens is 1. The van der Waals surface area contributed by atoms with Gasteiger partial charge in [0.05, 0.1) is 32.6 Å². The molecule has 0 atom stereocenters. The molecule has 7 nitrogen and oxygen atoms in total. The maximum Gasteiger partial charge on any atom is 0.261 e. The monoisotopic (exact) mass is 605 g/mol.